The second kappa shape index (κ2) is 8.61. The lowest BCUT2D eigenvalue weighted by Crippen LogP contribution is -2.41. The summed E-state index contributed by atoms with van der Waals surface area (Å²) < 4.78 is 12.0. The van der Waals surface area contributed by atoms with E-state index in [-0.39, 0.29) is 5.41 Å². The van der Waals surface area contributed by atoms with Crippen LogP contribution >= 0.6 is 0 Å². The summed E-state index contributed by atoms with van der Waals surface area (Å²) in [5, 5.41) is 0. The molecule has 0 unspecified atom stereocenters. The van der Waals surface area contributed by atoms with Gasteiger partial charge in [-0.3, -0.25) is 0 Å². The molecule has 0 spiro atoms. The smallest absolute Gasteiger partial charge is 0.183 e. The Balaban J connectivity index is 2.27. The van der Waals surface area contributed by atoms with Crippen molar-refractivity contribution in [3.8, 4) is 0 Å². The van der Waals surface area contributed by atoms with Crippen LogP contribution in [-0.4, -0.2) is 28.6 Å². The molecule has 3 heteroatoms. The van der Waals surface area contributed by atoms with Crippen molar-refractivity contribution < 1.29 is 9.16 Å². The first kappa shape index (κ1) is 18.9. The summed E-state index contributed by atoms with van der Waals surface area (Å²) in [7, 11) is 0.205. The van der Waals surface area contributed by atoms with E-state index < -0.39 is 8.32 Å². The van der Waals surface area contributed by atoms with Crippen molar-refractivity contribution >= 4 is 8.32 Å². The summed E-state index contributed by atoms with van der Waals surface area (Å²) >= 11 is 0. The standard InChI is InChI=1S/C21H30O2Si/c1-22-17-21(18-23-24(2,3)4,15-19-11-7-5-8-12-19)16-20-13-9-6-10-14-20/h5-14H,15-18H2,1-4H3. The largest absolute Gasteiger partial charge is 0.417 e. The molecule has 0 N–H and O–H groups in total. The number of ether oxygens (including phenoxy) is 1. The van der Waals surface area contributed by atoms with Crippen LogP contribution in [0.15, 0.2) is 60.7 Å². The molecule has 0 aliphatic heterocycles. The first-order valence-electron chi connectivity index (χ1n) is 8.63. The second-order valence-corrected chi connectivity index (χ2v) is 12.2. The van der Waals surface area contributed by atoms with Gasteiger partial charge < -0.3 is 9.16 Å². The average molecular weight is 343 g/mol. The molecule has 2 nitrogen and oxygen atoms in total. The van der Waals surface area contributed by atoms with Crippen LogP contribution in [0.5, 0.6) is 0 Å². The van der Waals surface area contributed by atoms with Crippen LogP contribution in [0.4, 0.5) is 0 Å². The predicted molar refractivity (Wildman–Crippen MR) is 104 cm³/mol. The van der Waals surface area contributed by atoms with Crippen LogP contribution in [0.1, 0.15) is 11.1 Å². The van der Waals surface area contributed by atoms with E-state index in [0.29, 0.717) is 6.61 Å². The highest BCUT2D eigenvalue weighted by atomic mass is 28.4. The average Bonchev–Trinajstić information content (AvgIpc) is 2.55. The Labute approximate surface area is 148 Å². The van der Waals surface area contributed by atoms with Gasteiger partial charge in [-0.25, -0.2) is 0 Å². The van der Waals surface area contributed by atoms with Gasteiger partial charge in [0.2, 0.25) is 0 Å². The maximum absolute atomic E-state index is 6.35. The fourth-order valence-electron chi connectivity index (χ4n) is 3.04. The zero-order valence-corrected chi connectivity index (χ0v) is 16.4. The van der Waals surface area contributed by atoms with Gasteiger partial charge in [-0.15, -0.1) is 0 Å². The highest BCUT2D eigenvalue weighted by Crippen LogP contribution is 2.30. The maximum Gasteiger partial charge on any atom is 0.183 e. The molecule has 0 aliphatic rings. The van der Waals surface area contributed by atoms with Gasteiger partial charge in [-0.2, -0.15) is 0 Å². The summed E-state index contributed by atoms with van der Waals surface area (Å²) in [5.41, 5.74) is 2.63. The third-order valence-electron chi connectivity index (χ3n) is 4.11. The predicted octanol–water partition coefficient (Wildman–Crippen LogP) is 4.96. The minimum atomic E-state index is -1.59. The number of benzene rings is 2. The van der Waals surface area contributed by atoms with Gasteiger partial charge in [-0.05, 0) is 43.6 Å². The Morgan fingerprint density at radius 1 is 0.750 bits per heavy atom. The Morgan fingerprint density at radius 3 is 1.58 bits per heavy atom. The number of rotatable bonds is 9. The molecule has 2 aromatic carbocycles. The molecule has 0 aromatic heterocycles. The van der Waals surface area contributed by atoms with E-state index in [1.807, 2.05) is 0 Å². The van der Waals surface area contributed by atoms with E-state index >= 15 is 0 Å². The van der Waals surface area contributed by atoms with Crippen molar-refractivity contribution in [3.63, 3.8) is 0 Å². The zero-order valence-electron chi connectivity index (χ0n) is 15.4. The van der Waals surface area contributed by atoms with Crippen molar-refractivity contribution in [3.05, 3.63) is 71.8 Å². The second-order valence-electron chi connectivity index (χ2n) is 7.66. The highest BCUT2D eigenvalue weighted by Gasteiger charge is 2.33. The van der Waals surface area contributed by atoms with Crippen molar-refractivity contribution in [2.24, 2.45) is 5.41 Å². The van der Waals surface area contributed by atoms with Gasteiger partial charge >= 0.3 is 0 Å². The molecule has 2 rings (SSSR count). The van der Waals surface area contributed by atoms with Crippen molar-refractivity contribution in [2.45, 2.75) is 32.5 Å². The summed E-state index contributed by atoms with van der Waals surface area (Å²) in [6.45, 7) is 8.17. The molecule has 0 radical (unpaired) electrons. The lowest BCUT2D eigenvalue weighted by molar-refractivity contribution is 0.0356. The highest BCUT2D eigenvalue weighted by molar-refractivity contribution is 6.69. The van der Waals surface area contributed by atoms with Gasteiger partial charge in [-0.1, -0.05) is 60.7 Å². The Morgan fingerprint density at radius 2 is 1.21 bits per heavy atom. The first-order valence-corrected chi connectivity index (χ1v) is 12.0. The molecule has 2 aromatic rings. The van der Waals surface area contributed by atoms with Crippen molar-refractivity contribution in [1.29, 1.82) is 0 Å². The lowest BCUT2D eigenvalue weighted by atomic mass is 9.78. The van der Waals surface area contributed by atoms with Gasteiger partial charge in [0.1, 0.15) is 0 Å². The van der Waals surface area contributed by atoms with Crippen LogP contribution in [0.25, 0.3) is 0 Å². The van der Waals surface area contributed by atoms with E-state index in [1.54, 1.807) is 7.11 Å². The van der Waals surface area contributed by atoms with Gasteiger partial charge in [0.25, 0.3) is 0 Å². The SMILES string of the molecule is COCC(CO[Si](C)(C)C)(Cc1ccccc1)Cc1ccccc1. The van der Waals surface area contributed by atoms with E-state index in [0.717, 1.165) is 19.4 Å². The molecule has 0 saturated heterocycles. The molecule has 0 aliphatic carbocycles. The molecule has 0 heterocycles. The van der Waals surface area contributed by atoms with Crippen LogP contribution in [0, 0.1) is 5.41 Å². The molecule has 0 fully saturated rings. The lowest BCUT2D eigenvalue weighted by Gasteiger charge is -2.36. The first-order chi connectivity index (χ1) is 11.4. The van der Waals surface area contributed by atoms with Crippen LogP contribution in [0.3, 0.4) is 0 Å². The molecule has 0 saturated carbocycles. The molecule has 0 atom stereocenters. The molecule has 130 valence electrons. The van der Waals surface area contributed by atoms with Gasteiger partial charge in [0, 0.05) is 19.1 Å². The van der Waals surface area contributed by atoms with Crippen molar-refractivity contribution in [2.75, 3.05) is 20.3 Å². The fraction of sp³-hybridized carbons (Fsp3) is 0.429. The van der Waals surface area contributed by atoms with Crippen LogP contribution < -0.4 is 0 Å². The number of hydrogen-bond acceptors (Lipinski definition) is 2. The maximum atomic E-state index is 6.35. The summed E-state index contributed by atoms with van der Waals surface area (Å²) in [5.74, 6) is 0. The quantitative estimate of drug-likeness (QED) is 0.600. The summed E-state index contributed by atoms with van der Waals surface area (Å²) in [4.78, 5) is 0. The zero-order chi connectivity index (χ0) is 17.5. The minimum absolute atomic E-state index is 0.0439. The van der Waals surface area contributed by atoms with Crippen molar-refractivity contribution in [1.82, 2.24) is 0 Å². The molecule has 0 bridgehead atoms. The summed E-state index contributed by atoms with van der Waals surface area (Å²) in [6.07, 6.45) is 1.92. The Kier molecular flexibility index (Phi) is 6.78. The number of hydrogen-bond donors (Lipinski definition) is 0. The third kappa shape index (κ3) is 6.23. The molecular formula is C21H30O2Si. The minimum Gasteiger partial charge on any atom is -0.417 e. The van der Waals surface area contributed by atoms with E-state index in [9.17, 15) is 0 Å². The van der Waals surface area contributed by atoms with Gasteiger partial charge in [0.05, 0.1) is 6.61 Å². The molecule has 0 amide bonds. The molecule has 24 heavy (non-hydrogen) atoms. The van der Waals surface area contributed by atoms with E-state index in [2.05, 4.69) is 80.3 Å². The Bertz CT molecular complexity index is 549. The third-order valence-corrected chi connectivity index (χ3v) is 5.12. The van der Waals surface area contributed by atoms with E-state index in [4.69, 9.17) is 9.16 Å². The van der Waals surface area contributed by atoms with Crippen LogP contribution in [0.2, 0.25) is 19.6 Å². The number of methoxy groups -OCH3 is 1. The monoisotopic (exact) mass is 342 g/mol. The topological polar surface area (TPSA) is 18.5 Å². The molecular weight excluding hydrogens is 312 g/mol. The normalized spacial score (nSPS) is 12.3. The summed E-state index contributed by atoms with van der Waals surface area (Å²) in [6, 6.07) is 21.4. The van der Waals surface area contributed by atoms with E-state index in [1.165, 1.54) is 11.1 Å². The fourth-order valence-corrected chi connectivity index (χ4v) is 3.78. The van der Waals surface area contributed by atoms with Gasteiger partial charge in [0.15, 0.2) is 8.32 Å². The Hall–Kier alpha value is -1.42. The van der Waals surface area contributed by atoms with Crippen LogP contribution in [-0.2, 0) is 22.0 Å².